The predicted octanol–water partition coefficient (Wildman–Crippen LogP) is 2.87. The first-order valence-electron chi connectivity index (χ1n) is 11.1. The smallest absolute Gasteiger partial charge is 0.414 e. The van der Waals surface area contributed by atoms with Gasteiger partial charge in [-0.1, -0.05) is 17.3 Å². The van der Waals surface area contributed by atoms with Gasteiger partial charge in [-0.15, -0.1) is 5.10 Å². The van der Waals surface area contributed by atoms with Crippen molar-refractivity contribution in [2.24, 2.45) is 0 Å². The topological polar surface area (TPSA) is 92.6 Å². The molecule has 0 bridgehead atoms. The monoisotopic (exact) mass is 452 g/mol. The molecule has 2 fully saturated rings. The van der Waals surface area contributed by atoms with Crippen molar-refractivity contribution >= 4 is 34.4 Å². The minimum Gasteiger partial charge on any atom is -0.442 e. The Kier molecular flexibility index (Phi) is 5.57. The first kappa shape index (κ1) is 21.2. The quantitative estimate of drug-likeness (QED) is 0.640. The molecule has 2 aliphatic rings. The fourth-order valence-electron chi connectivity index (χ4n) is 4.52. The maximum absolute atomic E-state index is 15.0. The summed E-state index contributed by atoms with van der Waals surface area (Å²) >= 11 is 0. The van der Waals surface area contributed by atoms with Gasteiger partial charge >= 0.3 is 6.09 Å². The molecule has 172 valence electrons. The van der Waals surface area contributed by atoms with Crippen LogP contribution >= 0.6 is 0 Å². The fraction of sp³-hybridized carbons (Fsp3) is 0.391. The maximum Gasteiger partial charge on any atom is 0.414 e. The van der Waals surface area contributed by atoms with Crippen molar-refractivity contribution in [3.63, 3.8) is 0 Å². The lowest BCUT2D eigenvalue weighted by atomic mass is 10.0. The maximum atomic E-state index is 15.0. The van der Waals surface area contributed by atoms with Gasteiger partial charge in [0.1, 0.15) is 17.4 Å². The number of hydrogen-bond donors (Lipinski definition) is 1. The summed E-state index contributed by atoms with van der Waals surface area (Å²) in [5, 5.41) is 11.2. The number of benzene rings is 2. The minimum atomic E-state index is -0.543. The number of hydrogen-bond acceptors (Lipinski definition) is 6. The predicted molar refractivity (Wildman–Crippen MR) is 121 cm³/mol. The lowest BCUT2D eigenvalue weighted by Crippen LogP contribution is -2.35. The number of ether oxygens (including phenoxy) is 1. The van der Waals surface area contributed by atoms with E-state index in [1.54, 1.807) is 12.1 Å². The van der Waals surface area contributed by atoms with E-state index in [-0.39, 0.29) is 30.9 Å². The molecule has 1 aromatic heterocycles. The standard InChI is InChI=1S/C23H25FN6O3/c1-15(31)25-13-18-14-29(23(32)33-18)17-6-7-21(19(24)12-17)28-10-8-16(9-11-28)30-22-5-3-2-4-20(22)26-27-30/h2-7,12,16,18H,8-11,13-14H2,1H3,(H,25,31). The summed E-state index contributed by atoms with van der Waals surface area (Å²) in [6, 6.07) is 12.9. The van der Waals surface area contributed by atoms with E-state index in [1.807, 2.05) is 33.8 Å². The second-order valence-corrected chi connectivity index (χ2v) is 8.43. The third-order valence-electron chi connectivity index (χ3n) is 6.22. The molecule has 2 aromatic carbocycles. The number of rotatable bonds is 5. The van der Waals surface area contributed by atoms with Crippen molar-refractivity contribution in [1.29, 1.82) is 0 Å². The zero-order chi connectivity index (χ0) is 22.9. The van der Waals surface area contributed by atoms with Crippen molar-refractivity contribution in [2.75, 3.05) is 36.0 Å². The van der Waals surface area contributed by atoms with E-state index in [0.29, 0.717) is 24.5 Å². The minimum absolute atomic E-state index is 0.194. The molecule has 1 N–H and O–H groups in total. The number of fused-ring (bicyclic) bond motifs is 1. The van der Waals surface area contributed by atoms with Crippen LogP contribution in [0.1, 0.15) is 25.8 Å². The van der Waals surface area contributed by atoms with Gasteiger partial charge in [-0.2, -0.15) is 0 Å². The average molecular weight is 452 g/mol. The lowest BCUT2D eigenvalue weighted by molar-refractivity contribution is -0.119. The number of nitrogens with zero attached hydrogens (tertiary/aromatic N) is 5. The summed E-state index contributed by atoms with van der Waals surface area (Å²) in [7, 11) is 0. The summed E-state index contributed by atoms with van der Waals surface area (Å²) in [6.07, 6.45) is 0.657. The van der Waals surface area contributed by atoms with Crippen molar-refractivity contribution in [2.45, 2.75) is 31.9 Å². The first-order valence-corrected chi connectivity index (χ1v) is 11.1. The van der Waals surface area contributed by atoms with Gasteiger partial charge in [0.05, 0.1) is 36.0 Å². The Bertz CT molecular complexity index is 1190. The molecule has 1 atom stereocenters. The van der Waals surface area contributed by atoms with Crippen LogP contribution in [0.2, 0.25) is 0 Å². The van der Waals surface area contributed by atoms with Crippen LogP contribution in [0.15, 0.2) is 42.5 Å². The third kappa shape index (κ3) is 4.20. The Hall–Kier alpha value is -3.69. The van der Waals surface area contributed by atoms with E-state index in [2.05, 4.69) is 15.6 Å². The Balaban J connectivity index is 1.24. The second-order valence-electron chi connectivity index (χ2n) is 8.43. The van der Waals surface area contributed by atoms with E-state index in [0.717, 1.165) is 23.9 Å². The molecule has 2 saturated heterocycles. The molecule has 3 heterocycles. The van der Waals surface area contributed by atoms with Gasteiger partial charge in [-0.05, 0) is 43.2 Å². The first-order chi connectivity index (χ1) is 16.0. The number of halogens is 1. The van der Waals surface area contributed by atoms with Crippen LogP contribution in [0.25, 0.3) is 11.0 Å². The van der Waals surface area contributed by atoms with Crippen LogP contribution in [-0.4, -0.2) is 59.3 Å². The van der Waals surface area contributed by atoms with Crippen molar-refractivity contribution in [3.8, 4) is 0 Å². The van der Waals surface area contributed by atoms with Gasteiger partial charge in [0, 0.05) is 20.0 Å². The number of piperidine rings is 1. The number of anilines is 2. The average Bonchev–Trinajstić information content (AvgIpc) is 3.41. The largest absolute Gasteiger partial charge is 0.442 e. The highest BCUT2D eigenvalue weighted by atomic mass is 19.1. The molecule has 33 heavy (non-hydrogen) atoms. The van der Waals surface area contributed by atoms with E-state index < -0.39 is 12.2 Å². The molecule has 0 spiro atoms. The summed E-state index contributed by atoms with van der Waals surface area (Å²) in [5.74, 6) is -0.573. The van der Waals surface area contributed by atoms with Crippen molar-refractivity contribution in [3.05, 3.63) is 48.3 Å². The molecule has 5 rings (SSSR count). The zero-order valence-corrected chi connectivity index (χ0v) is 18.3. The number of carbonyl (C=O) groups excluding carboxylic acids is 2. The third-order valence-corrected chi connectivity index (χ3v) is 6.22. The van der Waals surface area contributed by atoms with E-state index in [9.17, 15) is 9.59 Å². The molecule has 0 aliphatic carbocycles. The van der Waals surface area contributed by atoms with Crippen LogP contribution in [0, 0.1) is 5.82 Å². The number of aromatic nitrogens is 3. The van der Waals surface area contributed by atoms with Crippen LogP contribution in [0.3, 0.4) is 0 Å². The van der Waals surface area contributed by atoms with Gasteiger partial charge in [0.15, 0.2) is 0 Å². The van der Waals surface area contributed by atoms with Gasteiger partial charge in [-0.25, -0.2) is 13.9 Å². The van der Waals surface area contributed by atoms with Crippen molar-refractivity contribution in [1.82, 2.24) is 20.3 Å². The van der Waals surface area contributed by atoms with Gasteiger partial charge < -0.3 is 15.0 Å². The van der Waals surface area contributed by atoms with Gasteiger partial charge in [0.25, 0.3) is 0 Å². The number of cyclic esters (lactones) is 1. The van der Waals surface area contributed by atoms with Crippen LogP contribution < -0.4 is 15.1 Å². The number of amides is 2. The molecule has 1 unspecified atom stereocenters. The van der Waals surface area contributed by atoms with Crippen LogP contribution in [-0.2, 0) is 9.53 Å². The summed E-state index contributed by atoms with van der Waals surface area (Å²) < 4.78 is 22.3. The number of carbonyl (C=O) groups is 2. The Morgan fingerprint density at radius 2 is 2.00 bits per heavy atom. The Morgan fingerprint density at radius 1 is 1.21 bits per heavy atom. The normalized spacial score (nSPS) is 19.2. The molecule has 2 aliphatic heterocycles. The van der Waals surface area contributed by atoms with E-state index in [4.69, 9.17) is 4.74 Å². The molecule has 9 nitrogen and oxygen atoms in total. The SMILES string of the molecule is CC(=O)NCC1CN(c2ccc(N3CCC(n4nnc5ccccc54)CC3)c(F)c2)C(=O)O1. The summed E-state index contributed by atoms with van der Waals surface area (Å²) in [4.78, 5) is 26.7. The second kappa shape index (κ2) is 8.68. The highest BCUT2D eigenvalue weighted by molar-refractivity contribution is 5.90. The fourth-order valence-corrected chi connectivity index (χ4v) is 4.52. The number of nitrogens with one attached hydrogen (secondary N) is 1. The van der Waals surface area contributed by atoms with Gasteiger partial charge in [-0.3, -0.25) is 9.69 Å². The Labute approximate surface area is 190 Å². The van der Waals surface area contributed by atoms with Crippen LogP contribution in [0.4, 0.5) is 20.6 Å². The highest BCUT2D eigenvalue weighted by Crippen LogP contribution is 2.32. The lowest BCUT2D eigenvalue weighted by Gasteiger charge is -2.34. The van der Waals surface area contributed by atoms with Gasteiger partial charge in [0.2, 0.25) is 5.91 Å². The van der Waals surface area contributed by atoms with E-state index >= 15 is 4.39 Å². The van der Waals surface area contributed by atoms with Crippen LogP contribution in [0.5, 0.6) is 0 Å². The van der Waals surface area contributed by atoms with Crippen molar-refractivity contribution < 1.29 is 18.7 Å². The number of para-hydroxylation sites is 1. The molecule has 10 heteroatoms. The summed E-state index contributed by atoms with van der Waals surface area (Å²) in [6.45, 7) is 3.28. The zero-order valence-electron chi connectivity index (χ0n) is 18.3. The molecule has 3 aromatic rings. The molecular formula is C23H25FN6O3. The highest BCUT2D eigenvalue weighted by Gasteiger charge is 2.33. The summed E-state index contributed by atoms with van der Waals surface area (Å²) in [5.41, 5.74) is 2.85. The molecule has 0 radical (unpaired) electrons. The molecular weight excluding hydrogens is 427 g/mol. The molecule has 2 amide bonds. The van der Waals surface area contributed by atoms with E-state index in [1.165, 1.54) is 17.9 Å². The molecule has 0 saturated carbocycles. The Morgan fingerprint density at radius 3 is 2.76 bits per heavy atom.